The van der Waals surface area contributed by atoms with E-state index in [9.17, 15) is 4.79 Å². The van der Waals surface area contributed by atoms with Crippen molar-refractivity contribution in [2.24, 2.45) is 0 Å². The average Bonchev–Trinajstić information content (AvgIpc) is 3.19. The van der Waals surface area contributed by atoms with Crippen LogP contribution in [0.15, 0.2) is 36.0 Å². The zero-order valence-electron chi connectivity index (χ0n) is 17.2. The summed E-state index contributed by atoms with van der Waals surface area (Å²) < 4.78 is 1.88. The van der Waals surface area contributed by atoms with Crippen LogP contribution in [-0.4, -0.2) is 60.1 Å². The van der Waals surface area contributed by atoms with Crippen LogP contribution < -0.4 is 16.0 Å². The summed E-state index contributed by atoms with van der Waals surface area (Å²) in [6.45, 7) is 1.82. The van der Waals surface area contributed by atoms with Gasteiger partial charge in [0.15, 0.2) is 16.8 Å². The minimum absolute atomic E-state index is 0.207. The van der Waals surface area contributed by atoms with Gasteiger partial charge in [-0.05, 0) is 25.0 Å². The summed E-state index contributed by atoms with van der Waals surface area (Å²) in [4.78, 5) is 28.4. The van der Waals surface area contributed by atoms with Crippen LogP contribution in [0.1, 0.15) is 36.3 Å². The van der Waals surface area contributed by atoms with E-state index >= 15 is 0 Å². The number of carbonyl (C=O) groups is 1. The van der Waals surface area contributed by atoms with Gasteiger partial charge in [-0.3, -0.25) is 14.8 Å². The molecule has 4 N–H and O–H groups in total. The van der Waals surface area contributed by atoms with Gasteiger partial charge in [0.2, 0.25) is 5.95 Å². The van der Waals surface area contributed by atoms with E-state index in [0.717, 1.165) is 11.3 Å². The Hall–Kier alpha value is -3.51. The zero-order valence-corrected chi connectivity index (χ0v) is 18.0. The monoisotopic (exact) mass is 450 g/mol. The number of amides is 2. The van der Waals surface area contributed by atoms with Crippen molar-refractivity contribution >= 4 is 39.9 Å². The lowest BCUT2D eigenvalue weighted by molar-refractivity contribution is 0.167. The molecule has 1 aliphatic heterocycles. The molecule has 11 nitrogen and oxygen atoms in total. The summed E-state index contributed by atoms with van der Waals surface area (Å²) in [5.74, 6) is 2.48. The molecule has 2 fully saturated rings. The summed E-state index contributed by atoms with van der Waals surface area (Å²) in [6.07, 6.45) is 5.98. The van der Waals surface area contributed by atoms with Crippen molar-refractivity contribution in [1.82, 2.24) is 39.8 Å². The third kappa shape index (κ3) is 3.67. The molecule has 1 unspecified atom stereocenters. The van der Waals surface area contributed by atoms with Gasteiger partial charge in [0, 0.05) is 55.1 Å². The predicted octanol–water partition coefficient (Wildman–Crippen LogP) is 2.71. The van der Waals surface area contributed by atoms with Crippen LogP contribution >= 0.6 is 11.3 Å². The molecule has 1 atom stereocenters. The number of anilines is 3. The highest BCUT2D eigenvalue weighted by Gasteiger charge is 2.31. The van der Waals surface area contributed by atoms with Crippen molar-refractivity contribution in [3.63, 3.8) is 0 Å². The molecule has 0 radical (unpaired) electrons. The van der Waals surface area contributed by atoms with Crippen LogP contribution in [0.4, 0.5) is 21.7 Å². The smallest absolute Gasteiger partial charge is 0.312 e. The van der Waals surface area contributed by atoms with Crippen LogP contribution in [0.3, 0.4) is 0 Å². The molecule has 2 aliphatic rings. The van der Waals surface area contributed by atoms with Crippen molar-refractivity contribution in [3.05, 3.63) is 47.5 Å². The number of piperazine rings is 1. The normalized spacial score (nSPS) is 18.8. The standard InChI is InChI=1S/C20H22N10OS/c31-20(26-19-22-6-9-32-19)29-8-5-21-11-14(29)17-24-16-2-1-7-30(16)18(25-17)23-15-10-13(27-28-15)12-3-4-12/h1-2,6-7,9-10,12,14,21H,3-5,8,11H2,(H,22,26,31)(H2,23,24,25,27,28). The van der Waals surface area contributed by atoms with E-state index in [4.69, 9.17) is 9.97 Å². The first-order valence-corrected chi connectivity index (χ1v) is 11.5. The number of aromatic nitrogens is 6. The minimum Gasteiger partial charge on any atom is -0.312 e. The van der Waals surface area contributed by atoms with Crippen molar-refractivity contribution < 1.29 is 4.79 Å². The fourth-order valence-corrected chi connectivity index (χ4v) is 4.45. The van der Waals surface area contributed by atoms with Gasteiger partial charge in [-0.2, -0.15) is 10.1 Å². The molecule has 6 rings (SSSR count). The van der Waals surface area contributed by atoms with Crippen LogP contribution in [0, 0.1) is 0 Å². The highest BCUT2D eigenvalue weighted by Crippen LogP contribution is 2.39. The SMILES string of the molecule is O=C(Nc1nccs1)N1CCNCC1c1nc(Nc2cc(C3CC3)[nH]n2)n2cccc2n1. The number of hydrogen-bond donors (Lipinski definition) is 4. The molecule has 0 spiro atoms. The number of aromatic amines is 1. The summed E-state index contributed by atoms with van der Waals surface area (Å²) >= 11 is 1.39. The maximum absolute atomic E-state index is 13.0. The number of nitrogens with zero attached hydrogens (tertiary/aromatic N) is 6. The Balaban J connectivity index is 1.31. The van der Waals surface area contributed by atoms with E-state index in [1.54, 1.807) is 11.1 Å². The fraction of sp³-hybridized carbons (Fsp3) is 0.350. The second-order valence-corrected chi connectivity index (χ2v) is 8.82. The Kier molecular flexibility index (Phi) is 4.72. The van der Waals surface area contributed by atoms with E-state index < -0.39 is 0 Å². The summed E-state index contributed by atoms with van der Waals surface area (Å²) in [5, 5.41) is 19.4. The van der Waals surface area contributed by atoms with Gasteiger partial charge >= 0.3 is 6.03 Å². The van der Waals surface area contributed by atoms with Crippen molar-refractivity contribution in [1.29, 1.82) is 0 Å². The predicted molar refractivity (Wildman–Crippen MR) is 120 cm³/mol. The lowest BCUT2D eigenvalue weighted by Crippen LogP contribution is -2.50. The highest BCUT2D eigenvalue weighted by atomic mass is 32.1. The number of H-pyrrole nitrogens is 1. The van der Waals surface area contributed by atoms with E-state index in [2.05, 4.69) is 31.1 Å². The van der Waals surface area contributed by atoms with Crippen LogP contribution in [0.5, 0.6) is 0 Å². The number of rotatable bonds is 5. The molecular weight excluding hydrogens is 428 g/mol. The Morgan fingerprint density at radius 2 is 2.22 bits per heavy atom. The van der Waals surface area contributed by atoms with Crippen molar-refractivity contribution in [2.75, 3.05) is 30.3 Å². The lowest BCUT2D eigenvalue weighted by atomic mass is 10.2. The van der Waals surface area contributed by atoms with Gasteiger partial charge < -0.3 is 15.5 Å². The maximum Gasteiger partial charge on any atom is 0.324 e. The molecule has 2 amide bonds. The number of hydrogen-bond acceptors (Lipinski definition) is 8. The Bertz CT molecular complexity index is 1240. The van der Waals surface area contributed by atoms with E-state index in [1.807, 2.05) is 34.2 Å². The van der Waals surface area contributed by atoms with Gasteiger partial charge in [-0.15, -0.1) is 11.3 Å². The quantitative estimate of drug-likeness (QED) is 0.368. The first-order chi connectivity index (χ1) is 15.7. The number of carbonyl (C=O) groups excluding carboxylic acids is 1. The molecule has 1 saturated heterocycles. The molecule has 32 heavy (non-hydrogen) atoms. The second-order valence-electron chi connectivity index (χ2n) is 7.93. The van der Waals surface area contributed by atoms with Crippen molar-refractivity contribution in [2.45, 2.75) is 24.8 Å². The zero-order chi connectivity index (χ0) is 21.5. The van der Waals surface area contributed by atoms with Gasteiger partial charge in [-0.25, -0.2) is 14.8 Å². The largest absolute Gasteiger partial charge is 0.324 e. The second kappa shape index (κ2) is 7.88. The van der Waals surface area contributed by atoms with Gasteiger partial charge in [-0.1, -0.05) is 0 Å². The molecule has 4 aromatic rings. The number of nitrogens with one attached hydrogen (secondary N) is 4. The Morgan fingerprint density at radius 3 is 3.06 bits per heavy atom. The van der Waals surface area contributed by atoms with Crippen molar-refractivity contribution in [3.8, 4) is 0 Å². The highest BCUT2D eigenvalue weighted by molar-refractivity contribution is 7.13. The van der Waals surface area contributed by atoms with Gasteiger partial charge in [0.05, 0.1) is 0 Å². The molecular formula is C20H22N10OS. The van der Waals surface area contributed by atoms with E-state index in [1.165, 1.54) is 24.2 Å². The topological polar surface area (TPSA) is 128 Å². The van der Waals surface area contributed by atoms with E-state index in [0.29, 0.717) is 48.3 Å². The Morgan fingerprint density at radius 1 is 1.28 bits per heavy atom. The first kappa shape index (κ1) is 19.2. The Labute approximate surface area is 187 Å². The van der Waals surface area contributed by atoms with Gasteiger partial charge in [0.25, 0.3) is 0 Å². The summed E-state index contributed by atoms with van der Waals surface area (Å²) in [6, 6.07) is 5.36. The van der Waals surface area contributed by atoms with Gasteiger partial charge in [0.1, 0.15) is 11.7 Å². The molecule has 0 aromatic carbocycles. The number of fused-ring (bicyclic) bond motifs is 1. The molecule has 1 saturated carbocycles. The van der Waals surface area contributed by atoms with Crippen LogP contribution in [0.25, 0.3) is 5.65 Å². The molecule has 0 bridgehead atoms. The minimum atomic E-state index is -0.314. The third-order valence-corrected chi connectivity index (χ3v) is 6.40. The summed E-state index contributed by atoms with van der Waals surface area (Å²) in [7, 11) is 0. The average molecular weight is 451 g/mol. The molecule has 12 heteroatoms. The summed E-state index contributed by atoms with van der Waals surface area (Å²) in [5.41, 5.74) is 1.90. The fourth-order valence-electron chi connectivity index (χ4n) is 3.93. The molecule has 164 valence electrons. The molecule has 5 heterocycles. The molecule has 1 aliphatic carbocycles. The third-order valence-electron chi connectivity index (χ3n) is 5.71. The maximum atomic E-state index is 13.0. The molecule has 4 aromatic heterocycles. The number of thiazole rings is 1. The first-order valence-electron chi connectivity index (χ1n) is 10.6. The lowest BCUT2D eigenvalue weighted by Gasteiger charge is -2.35. The van der Waals surface area contributed by atoms with Crippen LogP contribution in [0.2, 0.25) is 0 Å². The number of urea groups is 1. The van der Waals surface area contributed by atoms with Crippen LogP contribution in [-0.2, 0) is 0 Å². The van der Waals surface area contributed by atoms with E-state index in [-0.39, 0.29) is 12.1 Å².